The summed E-state index contributed by atoms with van der Waals surface area (Å²) in [4.78, 5) is 29.4. The van der Waals surface area contributed by atoms with E-state index >= 15 is 0 Å². The maximum Gasteiger partial charge on any atom is 0.316 e. The molecule has 9 heteroatoms. The van der Waals surface area contributed by atoms with Crippen LogP contribution in [0.3, 0.4) is 0 Å². The van der Waals surface area contributed by atoms with Crippen LogP contribution in [0.1, 0.15) is 43.2 Å². The Labute approximate surface area is 180 Å². The summed E-state index contributed by atoms with van der Waals surface area (Å²) in [5.41, 5.74) is 6.65. The first-order valence-electron chi connectivity index (χ1n) is 9.75. The van der Waals surface area contributed by atoms with Crippen LogP contribution >= 0.6 is 0 Å². The van der Waals surface area contributed by atoms with Gasteiger partial charge in [-0.05, 0) is 36.8 Å². The Morgan fingerprint density at radius 3 is 2.55 bits per heavy atom. The molecule has 9 nitrogen and oxygen atoms in total. The zero-order valence-corrected chi connectivity index (χ0v) is 17.9. The van der Waals surface area contributed by atoms with Crippen LogP contribution < -0.4 is 20.7 Å². The largest absolute Gasteiger partial charge is 0.439 e. The van der Waals surface area contributed by atoms with E-state index in [2.05, 4.69) is 36.2 Å². The van der Waals surface area contributed by atoms with Crippen LogP contribution in [-0.4, -0.2) is 29.1 Å². The Hall–Kier alpha value is -3.88. The minimum absolute atomic E-state index is 0.147. The second-order valence-electron chi connectivity index (χ2n) is 7.65. The van der Waals surface area contributed by atoms with Crippen molar-refractivity contribution in [1.29, 1.82) is 0 Å². The lowest BCUT2D eigenvalue weighted by Crippen LogP contribution is -2.26. The Morgan fingerprint density at radius 1 is 1.19 bits per heavy atom. The predicted octanol–water partition coefficient (Wildman–Crippen LogP) is 4.32. The number of carbonyl (C=O) groups is 2. The molecule has 31 heavy (non-hydrogen) atoms. The molecule has 2 aromatic heterocycles. The average Bonchev–Trinajstić information content (AvgIpc) is 3.25. The molecule has 2 heterocycles. The van der Waals surface area contributed by atoms with E-state index < -0.39 is 6.03 Å². The number of nitrogens with two attached hydrogens (primary N) is 1. The van der Waals surface area contributed by atoms with Crippen molar-refractivity contribution in [2.24, 2.45) is 5.73 Å². The van der Waals surface area contributed by atoms with E-state index in [9.17, 15) is 9.59 Å². The molecule has 0 aliphatic carbocycles. The van der Waals surface area contributed by atoms with E-state index in [1.165, 1.54) is 11.1 Å². The minimum Gasteiger partial charge on any atom is -0.439 e. The average molecular weight is 423 g/mol. The molecule has 0 spiro atoms. The minimum atomic E-state index is -0.650. The van der Waals surface area contributed by atoms with Gasteiger partial charge in [-0.2, -0.15) is 0 Å². The molecular weight excluding hydrogens is 398 g/mol. The molecule has 1 aromatic carbocycles. The first-order valence-corrected chi connectivity index (χ1v) is 9.75. The lowest BCUT2D eigenvalue weighted by atomic mass is 9.87. The highest BCUT2D eigenvalue weighted by Gasteiger charge is 2.25. The van der Waals surface area contributed by atoms with Gasteiger partial charge in [-0.1, -0.05) is 25.9 Å². The molecule has 3 aromatic rings. The topological polar surface area (TPSA) is 124 Å². The van der Waals surface area contributed by atoms with Crippen molar-refractivity contribution in [3.05, 3.63) is 59.9 Å². The lowest BCUT2D eigenvalue weighted by Gasteiger charge is -2.18. The number of nitrogens with zero attached hydrogens (tertiary/aromatic N) is 3. The number of pyridine rings is 1. The number of amides is 3. The number of benzene rings is 1. The van der Waals surface area contributed by atoms with Gasteiger partial charge in [0.1, 0.15) is 5.75 Å². The molecule has 0 aliphatic rings. The summed E-state index contributed by atoms with van der Waals surface area (Å²) in [7, 11) is 1.62. The van der Waals surface area contributed by atoms with Crippen molar-refractivity contribution >= 4 is 23.5 Å². The third-order valence-corrected chi connectivity index (χ3v) is 5.04. The zero-order valence-electron chi connectivity index (χ0n) is 17.9. The second-order valence-corrected chi connectivity index (χ2v) is 7.65. The van der Waals surface area contributed by atoms with Crippen LogP contribution in [-0.2, 0) is 5.41 Å². The molecule has 0 saturated heterocycles. The molecule has 0 saturated carbocycles. The van der Waals surface area contributed by atoms with Crippen molar-refractivity contribution in [2.75, 3.05) is 17.3 Å². The maximum atomic E-state index is 12.9. The third-order valence-electron chi connectivity index (χ3n) is 5.04. The standard InChI is InChI=1S/C22H25N5O4/c1-5-22(2,3)17-13-19(31-26-17)27(4)20(28)14-10-11-24-18(12-14)30-16-8-6-15(7-9-16)25-21(23)29/h6-13H,5H2,1-4H3,(H3,23,25,29). The normalized spacial score (nSPS) is 11.1. The molecule has 0 bridgehead atoms. The summed E-state index contributed by atoms with van der Waals surface area (Å²) in [6.07, 6.45) is 2.38. The number of hydrogen-bond acceptors (Lipinski definition) is 6. The van der Waals surface area contributed by atoms with Gasteiger partial charge in [0, 0.05) is 42.0 Å². The van der Waals surface area contributed by atoms with Crippen molar-refractivity contribution < 1.29 is 18.8 Å². The third kappa shape index (κ3) is 5.19. The number of nitrogens with one attached hydrogen (secondary N) is 1. The van der Waals surface area contributed by atoms with Crippen molar-refractivity contribution in [2.45, 2.75) is 32.6 Å². The molecule has 0 unspecified atom stereocenters. The van der Waals surface area contributed by atoms with E-state index in [0.29, 0.717) is 22.9 Å². The highest BCUT2D eigenvalue weighted by molar-refractivity contribution is 6.05. The van der Waals surface area contributed by atoms with E-state index in [1.807, 2.05) is 0 Å². The highest BCUT2D eigenvalue weighted by Crippen LogP contribution is 2.29. The summed E-state index contributed by atoms with van der Waals surface area (Å²) >= 11 is 0. The molecule has 0 radical (unpaired) electrons. The monoisotopic (exact) mass is 423 g/mol. The van der Waals surface area contributed by atoms with Crippen molar-refractivity contribution in [1.82, 2.24) is 10.1 Å². The molecule has 0 aliphatic heterocycles. The number of rotatable bonds is 7. The van der Waals surface area contributed by atoms with Crippen LogP contribution in [0.15, 0.2) is 53.2 Å². The number of primary amides is 1. The van der Waals surface area contributed by atoms with Crippen molar-refractivity contribution in [3.63, 3.8) is 0 Å². The number of ether oxygens (including phenoxy) is 1. The zero-order chi connectivity index (χ0) is 22.6. The first-order chi connectivity index (χ1) is 14.7. The number of carbonyl (C=O) groups excluding carboxylic acids is 2. The van der Waals surface area contributed by atoms with E-state index in [-0.39, 0.29) is 17.2 Å². The summed E-state index contributed by atoms with van der Waals surface area (Å²) in [5, 5.41) is 6.58. The van der Waals surface area contributed by atoms with Gasteiger partial charge in [0.25, 0.3) is 5.91 Å². The van der Waals surface area contributed by atoms with Crippen LogP contribution in [0.2, 0.25) is 0 Å². The van der Waals surface area contributed by atoms with Gasteiger partial charge in [0.15, 0.2) is 0 Å². The molecular formula is C22H25N5O4. The Kier molecular flexibility index (Phi) is 6.24. The summed E-state index contributed by atoms with van der Waals surface area (Å²) in [6.45, 7) is 6.21. The van der Waals surface area contributed by atoms with Gasteiger partial charge in [-0.3, -0.25) is 9.69 Å². The number of anilines is 2. The second kappa shape index (κ2) is 8.86. The predicted molar refractivity (Wildman–Crippen MR) is 117 cm³/mol. The Balaban J connectivity index is 1.73. The van der Waals surface area contributed by atoms with Gasteiger partial charge < -0.3 is 20.3 Å². The van der Waals surface area contributed by atoms with Gasteiger partial charge in [-0.15, -0.1) is 0 Å². The summed E-state index contributed by atoms with van der Waals surface area (Å²) in [5.74, 6) is 0.811. The van der Waals surface area contributed by atoms with E-state index in [1.54, 1.807) is 49.5 Å². The Bertz CT molecular complexity index is 1080. The number of urea groups is 1. The molecule has 3 amide bonds. The first kappa shape index (κ1) is 21.8. The molecule has 3 N–H and O–H groups in total. The van der Waals surface area contributed by atoms with Crippen LogP contribution in [0.5, 0.6) is 11.6 Å². The van der Waals surface area contributed by atoms with Crippen LogP contribution in [0, 0.1) is 0 Å². The number of hydrogen-bond donors (Lipinski definition) is 2. The SMILES string of the molecule is CCC(C)(C)c1cc(N(C)C(=O)c2ccnc(Oc3ccc(NC(N)=O)cc3)c2)on1. The molecule has 162 valence electrons. The quantitative estimate of drug-likeness (QED) is 0.583. The summed E-state index contributed by atoms with van der Waals surface area (Å²) < 4.78 is 11.1. The van der Waals surface area contributed by atoms with Crippen LogP contribution in [0.4, 0.5) is 16.4 Å². The van der Waals surface area contributed by atoms with Gasteiger partial charge in [0.2, 0.25) is 11.8 Å². The maximum absolute atomic E-state index is 12.9. The lowest BCUT2D eigenvalue weighted by molar-refractivity contribution is 0.0987. The van der Waals surface area contributed by atoms with E-state index in [4.69, 9.17) is 15.0 Å². The fourth-order valence-electron chi connectivity index (χ4n) is 2.69. The van der Waals surface area contributed by atoms with Crippen LogP contribution in [0.25, 0.3) is 0 Å². The molecule has 0 fully saturated rings. The smallest absolute Gasteiger partial charge is 0.316 e. The fraction of sp³-hybridized carbons (Fsp3) is 0.273. The number of aromatic nitrogens is 2. The van der Waals surface area contributed by atoms with E-state index in [0.717, 1.165) is 12.1 Å². The van der Waals surface area contributed by atoms with Gasteiger partial charge in [-0.25, -0.2) is 9.78 Å². The molecule has 0 atom stereocenters. The van der Waals surface area contributed by atoms with Crippen molar-refractivity contribution in [3.8, 4) is 11.6 Å². The Morgan fingerprint density at radius 2 is 1.90 bits per heavy atom. The fourth-order valence-corrected chi connectivity index (χ4v) is 2.69. The summed E-state index contributed by atoms with van der Waals surface area (Å²) in [6, 6.07) is 10.9. The van der Waals surface area contributed by atoms with Gasteiger partial charge in [0.05, 0.1) is 5.69 Å². The van der Waals surface area contributed by atoms with Gasteiger partial charge >= 0.3 is 6.03 Å². The molecule has 3 rings (SSSR count). The highest BCUT2D eigenvalue weighted by atomic mass is 16.5.